The molecule has 28 heavy (non-hydrogen) atoms. The number of hydrazine groups is 1. The Morgan fingerprint density at radius 2 is 1.68 bits per heavy atom. The summed E-state index contributed by atoms with van der Waals surface area (Å²) in [6, 6.07) is 13.8. The number of benzene rings is 2. The van der Waals surface area contributed by atoms with Crippen molar-refractivity contribution < 1.29 is 14.4 Å². The number of amides is 3. The second-order valence-corrected chi connectivity index (χ2v) is 6.99. The fourth-order valence-electron chi connectivity index (χ4n) is 3.45. The van der Waals surface area contributed by atoms with Gasteiger partial charge in [-0.05, 0) is 35.3 Å². The van der Waals surface area contributed by atoms with Gasteiger partial charge in [0.15, 0.2) is 0 Å². The first-order valence-corrected chi connectivity index (χ1v) is 9.66. The number of hydrogen-bond acceptors (Lipinski definition) is 3. The fraction of sp³-hybridized carbons (Fsp3) is 0.318. The molecular formula is C22H25N3O3. The Morgan fingerprint density at radius 3 is 2.50 bits per heavy atom. The smallest absolute Gasteiger partial charge is 0.262 e. The lowest BCUT2D eigenvalue weighted by Gasteiger charge is -2.20. The molecule has 3 N–H and O–H groups in total. The number of carbonyl (C=O) groups excluding carboxylic acids is 3. The lowest BCUT2D eigenvalue weighted by atomic mass is 9.89. The molecule has 6 nitrogen and oxygen atoms in total. The van der Waals surface area contributed by atoms with E-state index in [4.69, 9.17) is 0 Å². The average Bonchev–Trinajstić information content (AvgIpc) is 2.75. The van der Waals surface area contributed by atoms with E-state index >= 15 is 0 Å². The Hall–Kier alpha value is -3.15. The molecule has 6 heteroatoms. The maximum Gasteiger partial charge on any atom is 0.262 e. The molecule has 0 bridgehead atoms. The Labute approximate surface area is 164 Å². The van der Waals surface area contributed by atoms with Crippen molar-refractivity contribution in [2.75, 3.05) is 6.54 Å². The van der Waals surface area contributed by atoms with Crippen molar-refractivity contribution in [1.82, 2.24) is 16.2 Å². The van der Waals surface area contributed by atoms with Crippen LogP contribution in [-0.4, -0.2) is 24.3 Å². The molecule has 0 atom stereocenters. The molecule has 0 unspecified atom stereocenters. The highest BCUT2D eigenvalue weighted by atomic mass is 16.2. The van der Waals surface area contributed by atoms with E-state index < -0.39 is 11.8 Å². The van der Waals surface area contributed by atoms with Gasteiger partial charge in [0, 0.05) is 12.0 Å². The van der Waals surface area contributed by atoms with Gasteiger partial charge < -0.3 is 5.32 Å². The summed E-state index contributed by atoms with van der Waals surface area (Å²) >= 11 is 0. The highest BCUT2D eigenvalue weighted by Gasteiger charge is 2.21. The minimum atomic E-state index is -0.462. The topological polar surface area (TPSA) is 87.3 Å². The lowest BCUT2D eigenvalue weighted by molar-refractivity contribution is -0.130. The number of carbonyl (C=O) groups is 3. The van der Waals surface area contributed by atoms with Gasteiger partial charge in [0.25, 0.3) is 11.8 Å². The van der Waals surface area contributed by atoms with E-state index in [1.165, 1.54) is 12.5 Å². The molecule has 2 aromatic carbocycles. The maximum atomic E-state index is 12.0. The SMILES string of the molecule is O=C(/C=C/c1cccc2ccccc12)NNC(=O)CNC(=O)C1CCCCC1. The highest BCUT2D eigenvalue weighted by molar-refractivity contribution is 5.97. The number of nitrogens with one attached hydrogen (secondary N) is 3. The Balaban J connectivity index is 1.44. The number of fused-ring (bicyclic) bond motifs is 1. The van der Waals surface area contributed by atoms with E-state index in [0.29, 0.717) is 0 Å². The molecule has 0 radical (unpaired) electrons. The minimum Gasteiger partial charge on any atom is -0.347 e. The van der Waals surface area contributed by atoms with Gasteiger partial charge in [-0.1, -0.05) is 61.7 Å². The zero-order valence-electron chi connectivity index (χ0n) is 15.7. The molecule has 0 heterocycles. The second-order valence-electron chi connectivity index (χ2n) is 6.99. The van der Waals surface area contributed by atoms with Gasteiger partial charge in [-0.2, -0.15) is 0 Å². The highest BCUT2D eigenvalue weighted by Crippen LogP contribution is 2.23. The van der Waals surface area contributed by atoms with E-state index in [-0.39, 0.29) is 18.4 Å². The molecule has 0 spiro atoms. The van der Waals surface area contributed by atoms with Gasteiger partial charge >= 0.3 is 0 Å². The van der Waals surface area contributed by atoms with Crippen molar-refractivity contribution in [3.8, 4) is 0 Å². The van der Waals surface area contributed by atoms with Crippen molar-refractivity contribution in [2.45, 2.75) is 32.1 Å². The molecule has 1 fully saturated rings. The Bertz CT molecular complexity index is 880. The van der Waals surface area contributed by atoms with Crippen LogP contribution in [0.15, 0.2) is 48.5 Å². The molecule has 0 aliphatic heterocycles. The number of hydrogen-bond donors (Lipinski definition) is 3. The summed E-state index contributed by atoms with van der Waals surface area (Å²) in [5.41, 5.74) is 5.55. The van der Waals surface area contributed by atoms with Crippen LogP contribution in [0, 0.1) is 5.92 Å². The molecule has 0 aromatic heterocycles. The summed E-state index contributed by atoms with van der Waals surface area (Å²) in [6.07, 6.45) is 8.11. The summed E-state index contributed by atoms with van der Waals surface area (Å²) in [7, 11) is 0. The van der Waals surface area contributed by atoms with Crippen molar-refractivity contribution >= 4 is 34.6 Å². The molecule has 0 saturated heterocycles. The standard InChI is InChI=1S/C22H25N3O3/c26-20(14-13-17-11-6-10-16-7-4-5-12-19(16)17)24-25-21(27)15-23-22(28)18-8-2-1-3-9-18/h4-7,10-14,18H,1-3,8-9,15H2,(H,23,28)(H,24,26)(H,25,27)/b14-13+. The minimum absolute atomic E-state index is 0.000213. The van der Waals surface area contributed by atoms with Crippen molar-refractivity contribution in [3.63, 3.8) is 0 Å². The third-order valence-corrected chi connectivity index (χ3v) is 4.96. The quantitative estimate of drug-likeness (QED) is 0.551. The van der Waals surface area contributed by atoms with Crippen LogP contribution in [0.3, 0.4) is 0 Å². The van der Waals surface area contributed by atoms with Gasteiger partial charge in [-0.3, -0.25) is 25.2 Å². The second kappa shape index (κ2) is 9.69. The first-order chi connectivity index (χ1) is 13.6. The Kier molecular flexibility index (Phi) is 6.78. The monoisotopic (exact) mass is 379 g/mol. The van der Waals surface area contributed by atoms with Gasteiger partial charge in [-0.25, -0.2) is 0 Å². The third kappa shape index (κ3) is 5.42. The summed E-state index contributed by atoms with van der Waals surface area (Å²) in [5, 5.41) is 4.77. The van der Waals surface area contributed by atoms with Crippen LogP contribution in [0.5, 0.6) is 0 Å². The summed E-state index contributed by atoms with van der Waals surface area (Å²) < 4.78 is 0. The van der Waals surface area contributed by atoms with Crippen LogP contribution < -0.4 is 16.2 Å². The lowest BCUT2D eigenvalue weighted by Crippen LogP contribution is -2.46. The molecular weight excluding hydrogens is 354 g/mol. The van der Waals surface area contributed by atoms with E-state index in [1.807, 2.05) is 42.5 Å². The van der Waals surface area contributed by atoms with Gasteiger partial charge in [-0.15, -0.1) is 0 Å². The third-order valence-electron chi connectivity index (χ3n) is 4.96. The first-order valence-electron chi connectivity index (χ1n) is 9.66. The summed E-state index contributed by atoms with van der Waals surface area (Å²) in [6.45, 7) is -0.150. The maximum absolute atomic E-state index is 12.0. The van der Waals surface area contributed by atoms with Crippen molar-refractivity contribution in [3.05, 3.63) is 54.1 Å². The first kappa shape index (κ1) is 19.6. The van der Waals surface area contributed by atoms with Crippen LogP contribution in [0.4, 0.5) is 0 Å². The van der Waals surface area contributed by atoms with Crippen LogP contribution >= 0.6 is 0 Å². The largest absolute Gasteiger partial charge is 0.347 e. The van der Waals surface area contributed by atoms with E-state index in [2.05, 4.69) is 16.2 Å². The van der Waals surface area contributed by atoms with E-state index in [1.54, 1.807) is 6.08 Å². The van der Waals surface area contributed by atoms with Gasteiger partial charge in [0.1, 0.15) is 0 Å². The molecule has 3 rings (SSSR count). The molecule has 2 aromatic rings. The number of rotatable bonds is 5. The average molecular weight is 379 g/mol. The Morgan fingerprint density at radius 1 is 0.929 bits per heavy atom. The molecule has 1 aliphatic carbocycles. The summed E-state index contributed by atoms with van der Waals surface area (Å²) in [4.78, 5) is 35.8. The van der Waals surface area contributed by atoms with Crippen LogP contribution in [-0.2, 0) is 14.4 Å². The molecule has 1 aliphatic rings. The summed E-state index contributed by atoms with van der Waals surface area (Å²) in [5.74, 6) is -0.993. The molecule has 146 valence electrons. The predicted molar refractivity (Wildman–Crippen MR) is 109 cm³/mol. The fourth-order valence-corrected chi connectivity index (χ4v) is 3.45. The van der Waals surface area contributed by atoms with Gasteiger partial charge in [0.2, 0.25) is 5.91 Å². The van der Waals surface area contributed by atoms with Crippen molar-refractivity contribution in [1.29, 1.82) is 0 Å². The zero-order chi connectivity index (χ0) is 19.8. The zero-order valence-corrected chi connectivity index (χ0v) is 15.7. The predicted octanol–water partition coefficient (Wildman–Crippen LogP) is 2.70. The van der Waals surface area contributed by atoms with Gasteiger partial charge in [0.05, 0.1) is 6.54 Å². The normalized spacial score (nSPS) is 14.7. The van der Waals surface area contributed by atoms with E-state index in [9.17, 15) is 14.4 Å². The molecule has 1 saturated carbocycles. The van der Waals surface area contributed by atoms with Crippen LogP contribution in [0.2, 0.25) is 0 Å². The van der Waals surface area contributed by atoms with Crippen LogP contribution in [0.25, 0.3) is 16.8 Å². The van der Waals surface area contributed by atoms with Crippen molar-refractivity contribution in [2.24, 2.45) is 5.92 Å². The molecule has 3 amide bonds. The van der Waals surface area contributed by atoms with Crippen LogP contribution in [0.1, 0.15) is 37.7 Å². The van der Waals surface area contributed by atoms with E-state index in [0.717, 1.165) is 42.0 Å².